The highest BCUT2D eigenvalue weighted by Crippen LogP contribution is 2.24. The van der Waals surface area contributed by atoms with E-state index in [1.165, 1.54) is 0 Å². The first kappa shape index (κ1) is 12.9. The van der Waals surface area contributed by atoms with Crippen LogP contribution < -0.4 is 4.90 Å². The summed E-state index contributed by atoms with van der Waals surface area (Å²) in [6.45, 7) is 6.11. The van der Waals surface area contributed by atoms with E-state index in [1.54, 1.807) is 11.8 Å². The van der Waals surface area contributed by atoms with Crippen LogP contribution in [0.2, 0.25) is 0 Å². The van der Waals surface area contributed by atoms with Crippen molar-refractivity contribution in [3.63, 3.8) is 0 Å². The summed E-state index contributed by atoms with van der Waals surface area (Å²) >= 11 is 1.63. The summed E-state index contributed by atoms with van der Waals surface area (Å²) in [5.41, 5.74) is 0. The van der Waals surface area contributed by atoms with E-state index >= 15 is 0 Å². The first-order chi connectivity index (χ1) is 7.57. The van der Waals surface area contributed by atoms with Gasteiger partial charge in [-0.1, -0.05) is 17.7 Å². The third-order valence-electron chi connectivity index (χ3n) is 2.01. The zero-order chi connectivity index (χ0) is 12.1. The maximum Gasteiger partial charge on any atom is 0.227 e. The average molecular weight is 238 g/mol. The van der Waals surface area contributed by atoms with Gasteiger partial charge in [-0.25, -0.2) is 0 Å². The average Bonchev–Trinajstić information content (AvgIpc) is 2.62. The van der Waals surface area contributed by atoms with Gasteiger partial charge in [0, 0.05) is 20.1 Å². The van der Waals surface area contributed by atoms with Crippen LogP contribution >= 0.6 is 11.8 Å². The SMILES string of the molecule is CC#CCSc1nnc(N(C)C)n1C(C)C. The fourth-order valence-corrected chi connectivity index (χ4v) is 2.17. The second-order valence-corrected chi connectivity index (χ2v) is 4.80. The summed E-state index contributed by atoms with van der Waals surface area (Å²) in [6, 6.07) is 0.351. The Morgan fingerprint density at radius 3 is 2.56 bits per heavy atom. The van der Waals surface area contributed by atoms with Gasteiger partial charge in [-0.2, -0.15) is 0 Å². The molecule has 0 aliphatic heterocycles. The van der Waals surface area contributed by atoms with Crippen molar-refractivity contribution < 1.29 is 0 Å². The van der Waals surface area contributed by atoms with Gasteiger partial charge in [0.25, 0.3) is 0 Å². The number of hydrogen-bond acceptors (Lipinski definition) is 4. The maximum atomic E-state index is 4.20. The molecule has 1 rings (SSSR count). The molecule has 0 saturated carbocycles. The monoisotopic (exact) mass is 238 g/mol. The molecule has 0 unspecified atom stereocenters. The number of thioether (sulfide) groups is 1. The van der Waals surface area contributed by atoms with Crippen molar-refractivity contribution in [1.29, 1.82) is 0 Å². The van der Waals surface area contributed by atoms with Crippen molar-refractivity contribution in [2.45, 2.75) is 32.0 Å². The smallest absolute Gasteiger partial charge is 0.227 e. The number of aromatic nitrogens is 3. The minimum atomic E-state index is 0.351. The molecule has 0 bridgehead atoms. The number of hydrogen-bond donors (Lipinski definition) is 0. The van der Waals surface area contributed by atoms with E-state index in [0.717, 1.165) is 16.9 Å². The highest BCUT2D eigenvalue weighted by atomic mass is 32.2. The lowest BCUT2D eigenvalue weighted by atomic mass is 10.4. The Labute approximate surface area is 101 Å². The minimum Gasteiger partial charge on any atom is -0.347 e. The summed E-state index contributed by atoms with van der Waals surface area (Å²) < 4.78 is 2.13. The molecule has 0 aliphatic rings. The van der Waals surface area contributed by atoms with Crippen LogP contribution in [0, 0.1) is 11.8 Å². The van der Waals surface area contributed by atoms with Gasteiger partial charge in [0.05, 0.1) is 5.75 Å². The molecule has 0 aromatic carbocycles. The molecule has 0 amide bonds. The standard InChI is InChI=1S/C11H18N4S/c1-6-7-8-16-11-13-12-10(14(4)5)15(11)9(2)3/h9H,8H2,1-5H3. The van der Waals surface area contributed by atoms with Crippen molar-refractivity contribution in [1.82, 2.24) is 14.8 Å². The summed E-state index contributed by atoms with van der Waals surface area (Å²) in [7, 11) is 3.95. The Bertz CT molecular complexity index is 398. The van der Waals surface area contributed by atoms with Gasteiger partial charge in [-0.05, 0) is 20.8 Å². The van der Waals surface area contributed by atoms with Crippen LogP contribution in [0.4, 0.5) is 5.95 Å². The molecule has 0 radical (unpaired) electrons. The van der Waals surface area contributed by atoms with Gasteiger partial charge < -0.3 is 4.90 Å². The fourth-order valence-electron chi connectivity index (χ4n) is 1.30. The molecule has 4 nitrogen and oxygen atoms in total. The molecular weight excluding hydrogens is 220 g/mol. The van der Waals surface area contributed by atoms with E-state index in [0.29, 0.717) is 6.04 Å². The van der Waals surface area contributed by atoms with Gasteiger partial charge in [-0.15, -0.1) is 16.1 Å². The topological polar surface area (TPSA) is 34.0 Å². The third kappa shape index (κ3) is 2.92. The minimum absolute atomic E-state index is 0.351. The molecule has 88 valence electrons. The molecule has 5 heteroatoms. The van der Waals surface area contributed by atoms with Gasteiger partial charge in [-0.3, -0.25) is 4.57 Å². The highest BCUT2D eigenvalue weighted by molar-refractivity contribution is 7.99. The molecule has 1 heterocycles. The predicted molar refractivity (Wildman–Crippen MR) is 68.9 cm³/mol. The molecule has 0 spiro atoms. The highest BCUT2D eigenvalue weighted by Gasteiger charge is 2.15. The Hall–Kier alpha value is -1.15. The zero-order valence-corrected chi connectivity index (χ0v) is 11.3. The Morgan fingerprint density at radius 1 is 1.38 bits per heavy atom. The number of rotatable bonds is 4. The number of nitrogens with zero attached hydrogens (tertiary/aromatic N) is 4. The Morgan fingerprint density at radius 2 is 2.06 bits per heavy atom. The molecule has 16 heavy (non-hydrogen) atoms. The lowest BCUT2D eigenvalue weighted by molar-refractivity contribution is 0.549. The third-order valence-corrected chi connectivity index (χ3v) is 2.84. The largest absolute Gasteiger partial charge is 0.347 e. The van der Waals surface area contributed by atoms with Crippen molar-refractivity contribution in [2.75, 3.05) is 24.7 Å². The van der Waals surface area contributed by atoms with E-state index in [1.807, 2.05) is 25.9 Å². The van der Waals surface area contributed by atoms with E-state index < -0.39 is 0 Å². The first-order valence-electron chi connectivity index (χ1n) is 5.22. The summed E-state index contributed by atoms with van der Waals surface area (Å²) in [5, 5.41) is 9.31. The van der Waals surface area contributed by atoms with Crippen molar-refractivity contribution in [3.05, 3.63) is 0 Å². The van der Waals surface area contributed by atoms with Crippen LogP contribution in [0.3, 0.4) is 0 Å². The van der Waals surface area contributed by atoms with Crippen LogP contribution in [-0.2, 0) is 0 Å². The lowest BCUT2D eigenvalue weighted by Crippen LogP contribution is -2.17. The van der Waals surface area contributed by atoms with Gasteiger partial charge >= 0.3 is 0 Å². The number of anilines is 1. The van der Waals surface area contributed by atoms with Crippen molar-refractivity contribution in [2.24, 2.45) is 0 Å². The lowest BCUT2D eigenvalue weighted by Gasteiger charge is -2.17. The molecule has 0 atom stereocenters. The van der Waals surface area contributed by atoms with E-state index in [2.05, 4.69) is 40.5 Å². The summed E-state index contributed by atoms with van der Waals surface area (Å²) in [6.07, 6.45) is 0. The second kappa shape index (κ2) is 5.80. The van der Waals surface area contributed by atoms with Crippen molar-refractivity contribution >= 4 is 17.7 Å². The molecule has 0 fully saturated rings. The Kier molecular flexibility index (Phi) is 4.69. The molecule has 1 aromatic heterocycles. The van der Waals surface area contributed by atoms with Crippen LogP contribution in [0.5, 0.6) is 0 Å². The van der Waals surface area contributed by atoms with E-state index in [-0.39, 0.29) is 0 Å². The normalized spacial score (nSPS) is 10.1. The quantitative estimate of drug-likeness (QED) is 0.594. The van der Waals surface area contributed by atoms with Crippen LogP contribution in [-0.4, -0.2) is 34.6 Å². The molecule has 1 aromatic rings. The summed E-state index contributed by atoms with van der Waals surface area (Å²) in [5.74, 6) is 7.55. The van der Waals surface area contributed by atoms with Gasteiger partial charge in [0.15, 0.2) is 5.16 Å². The second-order valence-electron chi connectivity index (χ2n) is 3.86. The van der Waals surface area contributed by atoms with Crippen molar-refractivity contribution in [3.8, 4) is 11.8 Å². The first-order valence-corrected chi connectivity index (χ1v) is 6.21. The van der Waals surface area contributed by atoms with Gasteiger partial charge in [0.1, 0.15) is 0 Å². The maximum absolute atomic E-state index is 4.20. The zero-order valence-electron chi connectivity index (χ0n) is 10.5. The van der Waals surface area contributed by atoms with E-state index in [9.17, 15) is 0 Å². The van der Waals surface area contributed by atoms with Crippen LogP contribution in [0.25, 0.3) is 0 Å². The van der Waals surface area contributed by atoms with Crippen LogP contribution in [0.1, 0.15) is 26.8 Å². The molecular formula is C11H18N4S. The fraction of sp³-hybridized carbons (Fsp3) is 0.636. The molecule has 0 saturated heterocycles. The summed E-state index contributed by atoms with van der Waals surface area (Å²) in [4.78, 5) is 1.97. The Balaban J connectivity index is 2.94. The molecule has 0 aliphatic carbocycles. The predicted octanol–water partition coefficient (Wildman–Crippen LogP) is 2.04. The molecule has 0 N–H and O–H groups in total. The van der Waals surface area contributed by atoms with Crippen LogP contribution in [0.15, 0.2) is 5.16 Å². The van der Waals surface area contributed by atoms with E-state index in [4.69, 9.17) is 0 Å². The van der Waals surface area contributed by atoms with Gasteiger partial charge in [0.2, 0.25) is 5.95 Å².